The first-order chi connectivity index (χ1) is 12.0. The second-order valence-corrected chi connectivity index (χ2v) is 5.68. The third kappa shape index (κ3) is 14.8. The molecule has 0 aliphatic carbocycles. The molecule has 1 atom stereocenters. The van der Waals surface area contributed by atoms with Crippen LogP contribution in [0.1, 0.15) is 20.3 Å². The van der Waals surface area contributed by atoms with Crippen LogP contribution in [0, 0.1) is 5.92 Å². The molecular formula is C16H33N3O6. The van der Waals surface area contributed by atoms with Gasteiger partial charge in [-0.2, -0.15) is 0 Å². The van der Waals surface area contributed by atoms with Crippen LogP contribution in [0.3, 0.4) is 0 Å². The van der Waals surface area contributed by atoms with Crippen molar-refractivity contribution in [1.82, 2.24) is 5.32 Å². The van der Waals surface area contributed by atoms with E-state index in [4.69, 9.17) is 30.4 Å². The smallest absolute Gasteiger partial charge is 0.240 e. The van der Waals surface area contributed by atoms with Gasteiger partial charge in [-0.15, -0.1) is 0 Å². The lowest BCUT2D eigenvalue weighted by molar-refractivity contribution is -0.129. The molecule has 0 saturated heterocycles. The topological polar surface area (TPSA) is 135 Å². The number of nitrogens with one attached hydrogen (secondary N) is 1. The zero-order chi connectivity index (χ0) is 18.9. The van der Waals surface area contributed by atoms with Gasteiger partial charge in [0.05, 0.1) is 52.9 Å². The first-order valence-corrected chi connectivity index (χ1v) is 8.58. The van der Waals surface area contributed by atoms with E-state index in [2.05, 4.69) is 5.32 Å². The van der Waals surface area contributed by atoms with Crippen LogP contribution in [0.25, 0.3) is 0 Å². The molecule has 0 rings (SSSR count). The molecule has 0 aromatic carbocycles. The standard InChI is InChI=1S/C16H33N3O6/c1-13(2)15(16(18)21)19-14(20)3-5-22-7-9-24-11-12-25-10-8-23-6-4-17/h13,15H,3-12,17H2,1-2H3,(H2,18,21)(H,19,20)/t15-/m0/s1. The van der Waals surface area contributed by atoms with Crippen molar-refractivity contribution in [3.8, 4) is 0 Å². The summed E-state index contributed by atoms with van der Waals surface area (Å²) >= 11 is 0. The fraction of sp³-hybridized carbons (Fsp3) is 0.875. The molecule has 0 aliphatic heterocycles. The number of carbonyl (C=O) groups is 2. The fourth-order valence-electron chi connectivity index (χ4n) is 1.82. The molecular weight excluding hydrogens is 330 g/mol. The molecule has 5 N–H and O–H groups in total. The molecule has 0 aromatic heterocycles. The third-order valence-electron chi connectivity index (χ3n) is 3.14. The SMILES string of the molecule is CC(C)[C@H](NC(=O)CCOCCOCCOCCOCCN)C(N)=O. The Morgan fingerprint density at radius 2 is 1.28 bits per heavy atom. The largest absolute Gasteiger partial charge is 0.379 e. The minimum Gasteiger partial charge on any atom is -0.379 e. The lowest BCUT2D eigenvalue weighted by Crippen LogP contribution is -2.47. The lowest BCUT2D eigenvalue weighted by Gasteiger charge is -2.18. The molecule has 0 aromatic rings. The Morgan fingerprint density at radius 3 is 1.68 bits per heavy atom. The molecule has 2 amide bonds. The van der Waals surface area contributed by atoms with Crippen LogP contribution in [0.15, 0.2) is 0 Å². The summed E-state index contributed by atoms with van der Waals surface area (Å²) in [6.07, 6.45) is 0.169. The summed E-state index contributed by atoms with van der Waals surface area (Å²) in [6, 6.07) is -0.656. The van der Waals surface area contributed by atoms with E-state index in [1.165, 1.54) is 0 Å². The minimum absolute atomic E-state index is 0.0507. The number of hydrogen-bond acceptors (Lipinski definition) is 7. The highest BCUT2D eigenvalue weighted by molar-refractivity contribution is 5.86. The first kappa shape index (κ1) is 23.7. The van der Waals surface area contributed by atoms with E-state index in [1.807, 2.05) is 13.8 Å². The van der Waals surface area contributed by atoms with Crippen molar-refractivity contribution in [1.29, 1.82) is 0 Å². The van der Waals surface area contributed by atoms with Gasteiger partial charge in [-0.25, -0.2) is 0 Å². The quantitative estimate of drug-likeness (QED) is 0.283. The van der Waals surface area contributed by atoms with E-state index in [0.717, 1.165) is 0 Å². The maximum Gasteiger partial charge on any atom is 0.240 e. The van der Waals surface area contributed by atoms with E-state index in [1.54, 1.807) is 0 Å². The Kier molecular flexibility index (Phi) is 15.4. The van der Waals surface area contributed by atoms with Crippen molar-refractivity contribution >= 4 is 11.8 Å². The molecule has 25 heavy (non-hydrogen) atoms. The molecule has 0 aliphatic rings. The average Bonchev–Trinajstić information content (AvgIpc) is 2.56. The number of rotatable bonds is 17. The second kappa shape index (κ2) is 16.2. The first-order valence-electron chi connectivity index (χ1n) is 8.58. The van der Waals surface area contributed by atoms with Crippen molar-refractivity contribution in [3.63, 3.8) is 0 Å². The Labute approximate surface area is 149 Å². The van der Waals surface area contributed by atoms with Crippen LogP contribution in [0.4, 0.5) is 0 Å². The fourth-order valence-corrected chi connectivity index (χ4v) is 1.82. The highest BCUT2D eigenvalue weighted by atomic mass is 16.6. The van der Waals surface area contributed by atoms with Crippen molar-refractivity contribution in [2.45, 2.75) is 26.3 Å². The predicted octanol–water partition coefficient (Wildman–Crippen LogP) is -0.972. The minimum atomic E-state index is -0.656. The van der Waals surface area contributed by atoms with E-state index in [0.29, 0.717) is 52.8 Å². The maximum atomic E-state index is 11.7. The Morgan fingerprint density at radius 1 is 0.840 bits per heavy atom. The summed E-state index contributed by atoms with van der Waals surface area (Å²) in [5.74, 6) is -0.847. The Bertz CT molecular complexity index is 355. The van der Waals surface area contributed by atoms with Gasteiger partial charge < -0.3 is 35.7 Å². The van der Waals surface area contributed by atoms with Gasteiger partial charge in [0.15, 0.2) is 0 Å². The van der Waals surface area contributed by atoms with E-state index in [-0.39, 0.29) is 24.9 Å². The van der Waals surface area contributed by atoms with Gasteiger partial charge in [0.2, 0.25) is 11.8 Å². The number of ether oxygens (including phenoxy) is 4. The maximum absolute atomic E-state index is 11.7. The summed E-state index contributed by atoms with van der Waals surface area (Å²) in [4.78, 5) is 22.9. The van der Waals surface area contributed by atoms with Crippen LogP contribution in [-0.4, -0.2) is 77.3 Å². The molecule has 0 saturated carbocycles. The summed E-state index contributed by atoms with van der Waals surface area (Å²) in [5, 5.41) is 2.60. The third-order valence-corrected chi connectivity index (χ3v) is 3.14. The number of amides is 2. The Hall–Kier alpha value is -1.26. The van der Waals surface area contributed by atoms with Crippen molar-refractivity contribution < 1.29 is 28.5 Å². The summed E-state index contributed by atoms with van der Waals surface area (Å²) in [7, 11) is 0. The molecule has 0 fully saturated rings. The normalized spacial score (nSPS) is 12.3. The van der Waals surface area contributed by atoms with E-state index < -0.39 is 11.9 Å². The number of hydrogen-bond donors (Lipinski definition) is 3. The zero-order valence-electron chi connectivity index (χ0n) is 15.3. The van der Waals surface area contributed by atoms with Crippen molar-refractivity contribution in [3.05, 3.63) is 0 Å². The van der Waals surface area contributed by atoms with Crippen molar-refractivity contribution in [2.75, 3.05) is 59.4 Å². The molecule has 0 heterocycles. The summed E-state index contributed by atoms with van der Waals surface area (Å²) in [5.41, 5.74) is 10.5. The van der Waals surface area contributed by atoms with Crippen LogP contribution < -0.4 is 16.8 Å². The molecule has 9 nitrogen and oxygen atoms in total. The van der Waals surface area contributed by atoms with Gasteiger partial charge in [-0.3, -0.25) is 9.59 Å². The predicted molar refractivity (Wildman–Crippen MR) is 92.9 cm³/mol. The van der Waals surface area contributed by atoms with Gasteiger partial charge in [-0.1, -0.05) is 13.8 Å². The monoisotopic (exact) mass is 363 g/mol. The van der Waals surface area contributed by atoms with Crippen LogP contribution in [0.2, 0.25) is 0 Å². The molecule has 0 spiro atoms. The van der Waals surface area contributed by atoms with E-state index >= 15 is 0 Å². The number of carbonyl (C=O) groups excluding carboxylic acids is 2. The van der Waals surface area contributed by atoms with Crippen LogP contribution in [0.5, 0.6) is 0 Å². The van der Waals surface area contributed by atoms with Crippen LogP contribution in [-0.2, 0) is 28.5 Å². The van der Waals surface area contributed by atoms with Gasteiger partial charge in [-0.05, 0) is 5.92 Å². The van der Waals surface area contributed by atoms with Gasteiger partial charge in [0.1, 0.15) is 6.04 Å². The summed E-state index contributed by atoms with van der Waals surface area (Å²) < 4.78 is 21.1. The second-order valence-electron chi connectivity index (χ2n) is 5.68. The number of nitrogens with two attached hydrogens (primary N) is 2. The highest BCUT2D eigenvalue weighted by Crippen LogP contribution is 2.01. The van der Waals surface area contributed by atoms with Crippen molar-refractivity contribution in [2.24, 2.45) is 17.4 Å². The highest BCUT2D eigenvalue weighted by Gasteiger charge is 2.21. The lowest BCUT2D eigenvalue weighted by atomic mass is 10.0. The molecule has 148 valence electrons. The number of primary amides is 1. The Balaban J connectivity index is 3.40. The molecule has 0 unspecified atom stereocenters. The molecule has 0 radical (unpaired) electrons. The average molecular weight is 363 g/mol. The van der Waals surface area contributed by atoms with Gasteiger partial charge in [0.25, 0.3) is 0 Å². The van der Waals surface area contributed by atoms with Crippen LogP contribution >= 0.6 is 0 Å². The molecule has 9 heteroatoms. The van der Waals surface area contributed by atoms with Gasteiger partial charge in [0, 0.05) is 13.0 Å². The zero-order valence-corrected chi connectivity index (χ0v) is 15.3. The van der Waals surface area contributed by atoms with E-state index in [9.17, 15) is 9.59 Å². The molecule has 0 bridgehead atoms. The summed E-state index contributed by atoms with van der Waals surface area (Å²) in [6.45, 7) is 7.74. The van der Waals surface area contributed by atoms with Gasteiger partial charge >= 0.3 is 0 Å².